The van der Waals surface area contributed by atoms with Gasteiger partial charge in [0.1, 0.15) is 11.1 Å². The summed E-state index contributed by atoms with van der Waals surface area (Å²) in [6.45, 7) is 7.80. The minimum absolute atomic E-state index is 0.0162. The maximum absolute atomic E-state index is 12.2. The summed E-state index contributed by atoms with van der Waals surface area (Å²) in [6, 6.07) is 5.78. The lowest BCUT2D eigenvalue weighted by atomic mass is 10.1. The molecule has 2 rings (SSSR count). The Morgan fingerprint density at radius 1 is 1.13 bits per heavy atom. The number of hydrogen-bond acceptors (Lipinski definition) is 3. The zero-order valence-corrected chi connectivity index (χ0v) is 14.6. The van der Waals surface area contributed by atoms with E-state index in [2.05, 4.69) is 0 Å². The van der Waals surface area contributed by atoms with Crippen LogP contribution in [0.4, 0.5) is 0 Å². The molecular formula is C17H23ClN2O3. The van der Waals surface area contributed by atoms with Gasteiger partial charge in [0.2, 0.25) is 5.91 Å². The van der Waals surface area contributed by atoms with Crippen molar-refractivity contribution in [1.82, 2.24) is 9.80 Å². The fourth-order valence-corrected chi connectivity index (χ4v) is 2.61. The van der Waals surface area contributed by atoms with Crippen LogP contribution in [0.2, 0.25) is 0 Å². The molecule has 0 bridgehead atoms. The number of carbonyl (C=O) groups excluding carboxylic acids is 2. The molecule has 0 aromatic heterocycles. The van der Waals surface area contributed by atoms with Gasteiger partial charge in [0.15, 0.2) is 6.61 Å². The van der Waals surface area contributed by atoms with Crippen molar-refractivity contribution in [2.75, 3.05) is 32.8 Å². The second-order valence-electron chi connectivity index (χ2n) is 5.86. The maximum atomic E-state index is 12.2. The molecule has 23 heavy (non-hydrogen) atoms. The number of ether oxygens (including phenoxy) is 1. The van der Waals surface area contributed by atoms with Crippen LogP contribution in [-0.4, -0.2) is 59.8 Å². The van der Waals surface area contributed by atoms with Crippen LogP contribution < -0.4 is 4.74 Å². The average molecular weight is 339 g/mol. The molecule has 1 aliphatic heterocycles. The van der Waals surface area contributed by atoms with Gasteiger partial charge >= 0.3 is 0 Å². The smallest absolute Gasteiger partial charge is 0.260 e. The predicted octanol–water partition coefficient (Wildman–Crippen LogP) is 1.98. The largest absolute Gasteiger partial charge is 0.484 e. The van der Waals surface area contributed by atoms with Crippen LogP contribution >= 0.6 is 11.6 Å². The number of alkyl halides is 1. The van der Waals surface area contributed by atoms with Crippen molar-refractivity contribution in [3.8, 4) is 5.75 Å². The van der Waals surface area contributed by atoms with Crippen molar-refractivity contribution in [3.05, 3.63) is 29.3 Å². The van der Waals surface area contributed by atoms with Crippen LogP contribution in [-0.2, 0) is 9.59 Å². The molecule has 6 heteroatoms. The van der Waals surface area contributed by atoms with E-state index < -0.39 is 5.38 Å². The first-order valence-corrected chi connectivity index (χ1v) is 8.23. The first-order valence-electron chi connectivity index (χ1n) is 7.79. The summed E-state index contributed by atoms with van der Waals surface area (Å²) in [7, 11) is 0. The molecular weight excluding hydrogens is 316 g/mol. The monoisotopic (exact) mass is 338 g/mol. The van der Waals surface area contributed by atoms with Gasteiger partial charge in [-0.05, 0) is 44.0 Å². The molecule has 0 spiro atoms. The van der Waals surface area contributed by atoms with Crippen molar-refractivity contribution in [3.63, 3.8) is 0 Å². The van der Waals surface area contributed by atoms with Gasteiger partial charge in [0.05, 0.1) is 0 Å². The van der Waals surface area contributed by atoms with Gasteiger partial charge in [0.25, 0.3) is 5.91 Å². The minimum Gasteiger partial charge on any atom is -0.484 e. The molecule has 0 aliphatic carbocycles. The zero-order chi connectivity index (χ0) is 17.0. The molecule has 0 saturated carbocycles. The average Bonchev–Trinajstić information content (AvgIpc) is 2.55. The third kappa shape index (κ3) is 4.61. The molecule has 126 valence electrons. The van der Waals surface area contributed by atoms with E-state index in [1.54, 1.807) is 16.7 Å². The van der Waals surface area contributed by atoms with Crippen molar-refractivity contribution >= 4 is 23.4 Å². The molecule has 1 fully saturated rings. The number of benzene rings is 1. The van der Waals surface area contributed by atoms with E-state index in [0.29, 0.717) is 31.9 Å². The van der Waals surface area contributed by atoms with Gasteiger partial charge in [-0.3, -0.25) is 9.59 Å². The lowest BCUT2D eigenvalue weighted by molar-refractivity contribution is -0.140. The maximum Gasteiger partial charge on any atom is 0.260 e. The molecule has 2 amide bonds. The topological polar surface area (TPSA) is 49.9 Å². The summed E-state index contributed by atoms with van der Waals surface area (Å²) in [6.07, 6.45) is 0. The third-order valence-corrected chi connectivity index (χ3v) is 4.31. The number of amides is 2. The normalized spacial score (nSPS) is 16.2. The van der Waals surface area contributed by atoms with E-state index in [1.165, 1.54) is 5.56 Å². The molecule has 5 nitrogen and oxygen atoms in total. The number of aryl methyl sites for hydroxylation is 2. The highest BCUT2D eigenvalue weighted by molar-refractivity contribution is 6.30. The molecule has 1 aliphatic rings. The van der Waals surface area contributed by atoms with E-state index in [0.717, 1.165) is 5.56 Å². The van der Waals surface area contributed by atoms with E-state index >= 15 is 0 Å². The third-order valence-electron chi connectivity index (χ3n) is 4.13. The summed E-state index contributed by atoms with van der Waals surface area (Å²) in [4.78, 5) is 27.4. The van der Waals surface area contributed by atoms with Crippen molar-refractivity contribution in [2.24, 2.45) is 0 Å². The van der Waals surface area contributed by atoms with Crippen LogP contribution in [0.5, 0.6) is 5.75 Å². The highest BCUT2D eigenvalue weighted by Gasteiger charge is 2.26. The van der Waals surface area contributed by atoms with Crippen molar-refractivity contribution in [1.29, 1.82) is 0 Å². The quantitative estimate of drug-likeness (QED) is 0.789. The van der Waals surface area contributed by atoms with Crippen LogP contribution in [0.1, 0.15) is 18.1 Å². The van der Waals surface area contributed by atoms with Crippen LogP contribution in [0.25, 0.3) is 0 Å². The van der Waals surface area contributed by atoms with Crippen LogP contribution in [0.15, 0.2) is 18.2 Å². The minimum atomic E-state index is -0.523. The highest BCUT2D eigenvalue weighted by Crippen LogP contribution is 2.16. The molecule has 1 unspecified atom stereocenters. The molecule has 1 aromatic carbocycles. The number of halogens is 1. The Morgan fingerprint density at radius 2 is 1.74 bits per heavy atom. The summed E-state index contributed by atoms with van der Waals surface area (Å²) in [5.74, 6) is 0.561. The van der Waals surface area contributed by atoms with Gasteiger partial charge in [-0.2, -0.15) is 0 Å². The Kier molecular flexibility index (Phi) is 5.88. The molecule has 1 saturated heterocycles. The lowest BCUT2D eigenvalue weighted by Crippen LogP contribution is -2.52. The number of nitrogens with zero attached hydrogens (tertiary/aromatic N) is 2. The Morgan fingerprint density at radius 3 is 2.30 bits per heavy atom. The van der Waals surface area contributed by atoms with E-state index in [-0.39, 0.29) is 18.4 Å². The molecule has 1 aromatic rings. The van der Waals surface area contributed by atoms with Crippen molar-refractivity contribution in [2.45, 2.75) is 26.1 Å². The van der Waals surface area contributed by atoms with Crippen LogP contribution in [0, 0.1) is 13.8 Å². The number of piperazine rings is 1. The second kappa shape index (κ2) is 7.68. The highest BCUT2D eigenvalue weighted by atomic mass is 35.5. The zero-order valence-electron chi connectivity index (χ0n) is 13.8. The Bertz CT molecular complexity index is 581. The van der Waals surface area contributed by atoms with Gasteiger partial charge in [-0.1, -0.05) is 6.07 Å². The molecule has 0 N–H and O–H groups in total. The Labute approximate surface area is 142 Å². The van der Waals surface area contributed by atoms with E-state index in [9.17, 15) is 9.59 Å². The standard InChI is InChI=1S/C17H23ClN2O3/c1-12-4-5-15(10-13(12)2)23-11-16(21)19-6-8-20(9-7-19)17(22)14(3)18/h4-5,10,14H,6-9,11H2,1-3H3. The molecule has 0 radical (unpaired) electrons. The van der Waals surface area contributed by atoms with Crippen molar-refractivity contribution < 1.29 is 14.3 Å². The first-order chi connectivity index (χ1) is 10.9. The van der Waals surface area contributed by atoms with Crippen LogP contribution in [0.3, 0.4) is 0 Å². The molecule has 1 heterocycles. The SMILES string of the molecule is Cc1ccc(OCC(=O)N2CCN(C(=O)C(C)Cl)CC2)cc1C. The fourth-order valence-electron chi connectivity index (χ4n) is 2.47. The summed E-state index contributed by atoms with van der Waals surface area (Å²) < 4.78 is 5.58. The van der Waals surface area contributed by atoms with E-state index in [1.807, 2.05) is 32.0 Å². The summed E-state index contributed by atoms with van der Waals surface area (Å²) in [5, 5.41) is -0.523. The second-order valence-corrected chi connectivity index (χ2v) is 6.51. The molecule has 1 atom stereocenters. The predicted molar refractivity (Wildman–Crippen MR) is 89.9 cm³/mol. The van der Waals surface area contributed by atoms with Gasteiger partial charge in [-0.15, -0.1) is 11.6 Å². The summed E-state index contributed by atoms with van der Waals surface area (Å²) >= 11 is 5.81. The number of hydrogen-bond donors (Lipinski definition) is 0. The first kappa shape index (κ1) is 17.6. The van der Waals surface area contributed by atoms with Gasteiger partial charge in [0, 0.05) is 26.2 Å². The Balaban J connectivity index is 1.81. The van der Waals surface area contributed by atoms with E-state index in [4.69, 9.17) is 16.3 Å². The summed E-state index contributed by atoms with van der Waals surface area (Å²) in [5.41, 5.74) is 2.33. The van der Waals surface area contributed by atoms with Gasteiger partial charge in [-0.25, -0.2) is 0 Å². The fraction of sp³-hybridized carbons (Fsp3) is 0.529. The van der Waals surface area contributed by atoms with Gasteiger partial charge < -0.3 is 14.5 Å². The lowest BCUT2D eigenvalue weighted by Gasteiger charge is -2.35. The number of rotatable bonds is 4. The Hall–Kier alpha value is -1.75. The number of carbonyl (C=O) groups is 2.